The minimum absolute atomic E-state index is 0.889. The van der Waals surface area contributed by atoms with Gasteiger partial charge in [-0.1, -0.05) is 58.0 Å². The summed E-state index contributed by atoms with van der Waals surface area (Å²) in [6.45, 7) is 0.889. The lowest BCUT2D eigenvalue weighted by atomic mass is 10.5. The van der Waals surface area contributed by atoms with E-state index < -0.39 is 0 Å². The molecular weight excluding hydrogens is 1580 g/mol. The number of thiazole rings is 1. The molecule has 600 valence electrons. The maximum absolute atomic E-state index is 4.47. The first-order chi connectivity index (χ1) is 58.5. The molecule has 0 unspecified atom stereocenters. The predicted molar refractivity (Wildman–Crippen MR) is 431 cm³/mol. The van der Waals surface area contributed by atoms with Gasteiger partial charge in [-0.05, 0) is 72.6 Å². The third kappa shape index (κ3) is 93.6. The molecule has 45 nitrogen and oxygen atoms in total. The molecule has 4 N–H and O–H groups in total. The third-order valence-electron chi connectivity index (χ3n) is 8.88. The molecule has 117 heavy (non-hydrogen) atoms. The molecule has 21 heterocycles. The highest BCUT2D eigenvalue weighted by molar-refractivity contribution is 7.07. The normalized spacial score (nSPS) is 9.23. The fourth-order valence-electron chi connectivity index (χ4n) is 4.66. The summed E-state index contributed by atoms with van der Waals surface area (Å²) in [4.78, 5) is 57.8. The molecule has 1 aliphatic carbocycles. The number of nitrogens with zero attached hydrogens (tertiary/aromatic N) is 37. The molecule has 19 aromatic heterocycles. The highest BCUT2D eigenvalue weighted by atomic mass is 32.1. The Hall–Kier alpha value is -16.6. The highest BCUT2D eigenvalue weighted by Gasteiger charge is 1.75. The average molecular weight is 1660 g/mol. The molecule has 19 aromatic rings. The van der Waals surface area contributed by atoms with Crippen molar-refractivity contribution in [2.24, 2.45) is 9.98 Å². The van der Waals surface area contributed by atoms with Crippen molar-refractivity contribution in [3.8, 4) is 0 Å². The van der Waals surface area contributed by atoms with E-state index in [-0.39, 0.29) is 0 Å². The number of aromatic amines is 4. The Morgan fingerprint density at radius 3 is 1.18 bits per heavy atom. The Balaban J connectivity index is 0.000000613. The summed E-state index contributed by atoms with van der Waals surface area (Å²) in [5.74, 6) is 0. The zero-order chi connectivity index (χ0) is 82.7. The quantitative estimate of drug-likeness (QED) is 0.110. The Morgan fingerprint density at radius 2 is 0.991 bits per heavy atom. The third-order valence-corrected chi connectivity index (χ3v) is 10.8. The average Bonchev–Trinajstić information content (AvgIpc) is 3.76. The topological polar surface area (TPSA) is 592 Å². The number of aromatic nitrogens is 39. The fraction of sp³-hybridized carbons (Fsp3) is 0.0441. The van der Waals surface area contributed by atoms with Gasteiger partial charge in [0, 0.05) is 141 Å². The van der Waals surface area contributed by atoms with Crippen molar-refractivity contribution >= 4 is 58.4 Å². The number of imidazole rings is 1. The molecule has 2 aliphatic heterocycles. The van der Waals surface area contributed by atoms with E-state index in [9.17, 15) is 0 Å². The summed E-state index contributed by atoms with van der Waals surface area (Å²) in [6.07, 6.45) is 86.1. The van der Waals surface area contributed by atoms with Crippen LogP contribution in [0.15, 0.2) is 415 Å². The van der Waals surface area contributed by atoms with Crippen LogP contribution in [-0.4, -0.2) is 214 Å². The number of nitrogens with one attached hydrogen (secondary N) is 4. The number of allylic oxidation sites excluding steroid dienone is 6. The molecule has 0 bridgehead atoms. The van der Waals surface area contributed by atoms with Gasteiger partial charge in [-0.3, -0.25) is 40.1 Å². The van der Waals surface area contributed by atoms with E-state index in [1.165, 1.54) is 142 Å². The van der Waals surface area contributed by atoms with Crippen molar-refractivity contribution in [2.45, 2.75) is 12.8 Å². The van der Waals surface area contributed by atoms with Gasteiger partial charge in [0.25, 0.3) is 0 Å². The van der Waals surface area contributed by atoms with Crippen LogP contribution < -0.4 is 0 Å². The Kier molecular flexibility index (Phi) is 80.4. The van der Waals surface area contributed by atoms with E-state index in [2.05, 4.69) is 248 Å². The van der Waals surface area contributed by atoms with E-state index >= 15 is 0 Å². The van der Waals surface area contributed by atoms with Crippen molar-refractivity contribution < 1.29 is 18.0 Å². The van der Waals surface area contributed by atoms with Crippen molar-refractivity contribution in [1.82, 2.24) is 195 Å². The van der Waals surface area contributed by atoms with Crippen LogP contribution in [0, 0.1) is 0 Å². The van der Waals surface area contributed by atoms with Gasteiger partial charge in [0.05, 0.1) is 85.9 Å². The Morgan fingerprint density at radius 1 is 0.325 bits per heavy atom. The molecule has 0 saturated carbocycles. The highest BCUT2D eigenvalue weighted by Crippen LogP contribution is 1.93. The minimum atomic E-state index is 0.889. The SMILES string of the molecule is C1=CCC=C1.C1=CCN=C1.C1=CN=CC1.c1c[nH]cn1.c1ccncc1.c1ccnnc1.c1cn[nH]c1.c1cn[nH]n1.c1cnccn1.c1cncnc1.c1cnncn1.c1cnoc1.c1cnon1.c1cnsc1.c1cnsn1.c1cocn1.c1cscn1.c1nc[nH]n1.c1ncncn1.c1nncnn1.c1nnco1.c1nncs1. The van der Waals surface area contributed by atoms with Crippen molar-refractivity contribution in [2.75, 3.05) is 6.54 Å². The number of H-pyrrole nitrogens is 4. The van der Waals surface area contributed by atoms with Gasteiger partial charge in [-0.15, -0.1) is 68.6 Å². The summed E-state index contributed by atoms with van der Waals surface area (Å²) < 4.78 is 28.3. The van der Waals surface area contributed by atoms with E-state index in [1.54, 1.807) is 201 Å². The second-order valence-electron chi connectivity index (χ2n) is 16.9. The van der Waals surface area contributed by atoms with Gasteiger partial charge in [0.15, 0.2) is 19.0 Å². The number of aliphatic imine (C=N–C) groups is 2. The fourth-order valence-corrected chi connectivity index (χ4v) is 5.91. The van der Waals surface area contributed by atoms with Gasteiger partial charge < -0.3 is 18.3 Å². The first-order valence-electron chi connectivity index (χ1n) is 32.2. The van der Waals surface area contributed by atoms with Crippen LogP contribution in [0.1, 0.15) is 12.8 Å². The molecule has 3 aliphatic rings. The number of pyridine rings is 1. The molecule has 0 aromatic carbocycles. The van der Waals surface area contributed by atoms with Crippen molar-refractivity contribution in [1.29, 1.82) is 0 Å². The van der Waals surface area contributed by atoms with Crippen LogP contribution in [0.5, 0.6) is 0 Å². The Bertz CT molecular complexity index is 3260. The second kappa shape index (κ2) is 95.5. The van der Waals surface area contributed by atoms with Gasteiger partial charge in [-0.2, -0.15) is 49.7 Å². The van der Waals surface area contributed by atoms with Crippen LogP contribution in [0.3, 0.4) is 0 Å². The molecule has 0 atom stereocenters. The first-order valence-corrected chi connectivity index (χ1v) is 35.7. The van der Waals surface area contributed by atoms with E-state index in [0.717, 1.165) is 19.4 Å². The summed E-state index contributed by atoms with van der Waals surface area (Å²) in [5.41, 5.74) is 5.15. The molecule has 0 radical (unpaired) electrons. The molecule has 49 heteroatoms. The number of hydrogen-bond acceptors (Lipinski definition) is 45. The van der Waals surface area contributed by atoms with Crippen LogP contribution in [0.2, 0.25) is 0 Å². The lowest BCUT2D eigenvalue weighted by Gasteiger charge is -1.70. The van der Waals surface area contributed by atoms with E-state index in [4.69, 9.17) is 0 Å². The zero-order valence-corrected chi connectivity index (χ0v) is 64.7. The van der Waals surface area contributed by atoms with Crippen LogP contribution >= 0.6 is 45.9 Å². The summed E-state index contributed by atoms with van der Waals surface area (Å²) in [7, 11) is 0. The standard InChI is InChI=1S/C5H5N.C5H6.3C4H4N2.2C4H5N.2C3H3N3.2C3H4N2.2C3H3NO.2C3H3NS.C2H2N4.2C2H3N3.2C2H2N2O.2C2H2N2S/c1-2-4-6-5-3-1;1-2-4-5-3-1;1-2-6-4-3-5-1;1-2-5-4-6-3-1;1-2-4-6-5-3-1;2*1-2-4-5-3-1;1-4-2-6-3-5-1;1-2-5-6-3-4-1;1-2-5-3-4-1;1-2-4-5-3-1;1-2-5-3-4-1;1-2-4-5-3-1;1-2-5-3-4-1;1-2-4-5-3-1;1-3-5-2-6-4-1;1-3-2-5-4-1;1-2-4-5-3-1;1-3-4-2-5-1;1-2-4-5-3-1;1-3-4-2-5-1;1-2-4-5-3-1/h1-5H;1-4H,5H2;3*1-4H;1,3-4H,2H2;1-3H,4H2;2*1-3H;2*1-3H,(H,4,5);4*1-3H;1-2H;2*1-2H,(H,3,4,5);4*1-2H. The molecule has 0 spiro atoms. The van der Waals surface area contributed by atoms with Crippen molar-refractivity contribution in [3.63, 3.8) is 0 Å². The van der Waals surface area contributed by atoms with Gasteiger partial charge in [0.2, 0.25) is 12.8 Å². The minimum Gasteiger partial charge on any atom is -0.452 e. The first kappa shape index (κ1) is 98.4. The predicted octanol–water partition coefficient (Wildman–Crippen LogP) is 9.90. The molecule has 0 saturated heterocycles. The largest absolute Gasteiger partial charge is 0.452 e. The van der Waals surface area contributed by atoms with Gasteiger partial charge >= 0.3 is 0 Å². The van der Waals surface area contributed by atoms with Crippen LogP contribution in [0.4, 0.5) is 0 Å². The van der Waals surface area contributed by atoms with Crippen molar-refractivity contribution in [3.05, 3.63) is 387 Å². The molecule has 22 rings (SSSR count). The lowest BCUT2D eigenvalue weighted by Crippen LogP contribution is -1.81. The van der Waals surface area contributed by atoms with Gasteiger partial charge in [-0.25, -0.2) is 53.9 Å². The van der Waals surface area contributed by atoms with Gasteiger partial charge in [0.1, 0.15) is 67.8 Å². The van der Waals surface area contributed by atoms with E-state index in [1.807, 2.05) is 77.7 Å². The smallest absolute Gasteiger partial charge is 0.203 e. The number of oxazole rings is 1. The zero-order valence-electron chi connectivity index (χ0n) is 61.5. The summed E-state index contributed by atoms with van der Waals surface area (Å²) in [6, 6.07) is 16.6. The maximum Gasteiger partial charge on any atom is 0.203 e. The summed E-state index contributed by atoms with van der Waals surface area (Å²) >= 11 is 5.77. The Labute approximate surface area is 684 Å². The number of rotatable bonds is 0. The summed E-state index contributed by atoms with van der Waals surface area (Å²) in [5, 5.41) is 76.2. The van der Waals surface area contributed by atoms with Crippen LogP contribution in [0.25, 0.3) is 0 Å². The second-order valence-corrected chi connectivity index (χ2v) is 19.6. The monoisotopic (exact) mass is 1660 g/mol. The lowest BCUT2D eigenvalue weighted by molar-refractivity contribution is 0.307. The van der Waals surface area contributed by atoms with E-state index in [0.29, 0.717) is 0 Å². The maximum atomic E-state index is 4.47. The molecule has 0 fully saturated rings. The number of hydrogen-bond donors (Lipinski definition) is 4. The molecule has 0 amide bonds. The molecular formula is C68H75N41O4S4. The van der Waals surface area contributed by atoms with Crippen LogP contribution in [-0.2, 0) is 0 Å².